The van der Waals surface area contributed by atoms with Crippen LogP contribution in [-0.4, -0.2) is 34.2 Å². The number of urea groups is 1. The van der Waals surface area contributed by atoms with Crippen molar-refractivity contribution in [3.63, 3.8) is 0 Å². The summed E-state index contributed by atoms with van der Waals surface area (Å²) in [6, 6.07) is 13.5. The van der Waals surface area contributed by atoms with E-state index in [1.165, 1.54) is 17.4 Å². The highest BCUT2D eigenvalue weighted by Crippen LogP contribution is 2.33. The summed E-state index contributed by atoms with van der Waals surface area (Å²) >= 11 is 7.36. The van der Waals surface area contributed by atoms with Crippen LogP contribution < -0.4 is 5.32 Å². The summed E-state index contributed by atoms with van der Waals surface area (Å²) in [6.45, 7) is 1.24. The Hall–Kier alpha value is -2.51. The highest BCUT2D eigenvalue weighted by Gasteiger charge is 2.27. The standard InChI is InChI=1S/C20H18ClFN4OS/c21-14-6-3-7-15(11-14)23-20(27)26-10-4-5-13(12-26)18-24-25-19(28-18)16-8-1-2-9-17(16)22/h1-3,6-9,11,13H,4-5,10,12H2,(H,23,27). The van der Waals surface area contributed by atoms with Crippen molar-refractivity contribution >= 4 is 34.7 Å². The van der Waals surface area contributed by atoms with Crippen molar-refractivity contribution in [2.45, 2.75) is 18.8 Å². The van der Waals surface area contributed by atoms with Gasteiger partial charge in [-0.1, -0.05) is 41.1 Å². The number of halogens is 2. The van der Waals surface area contributed by atoms with E-state index in [4.69, 9.17) is 11.6 Å². The molecule has 5 nitrogen and oxygen atoms in total. The zero-order chi connectivity index (χ0) is 19.5. The van der Waals surface area contributed by atoms with Crippen LogP contribution in [0.4, 0.5) is 14.9 Å². The van der Waals surface area contributed by atoms with Crippen LogP contribution in [0, 0.1) is 5.82 Å². The smallest absolute Gasteiger partial charge is 0.321 e. The molecule has 2 heterocycles. The minimum atomic E-state index is -0.309. The molecular weight excluding hydrogens is 399 g/mol. The van der Waals surface area contributed by atoms with Gasteiger partial charge >= 0.3 is 6.03 Å². The number of hydrogen-bond acceptors (Lipinski definition) is 4. The number of hydrogen-bond donors (Lipinski definition) is 1. The average Bonchev–Trinajstić information content (AvgIpc) is 3.18. The summed E-state index contributed by atoms with van der Waals surface area (Å²) in [5.41, 5.74) is 1.12. The number of benzene rings is 2. The lowest BCUT2D eigenvalue weighted by Crippen LogP contribution is -2.41. The van der Waals surface area contributed by atoms with Crippen LogP contribution in [0.1, 0.15) is 23.8 Å². The predicted octanol–water partition coefficient (Wildman–Crippen LogP) is 5.41. The zero-order valence-corrected chi connectivity index (χ0v) is 16.5. The van der Waals surface area contributed by atoms with E-state index in [1.807, 2.05) is 0 Å². The fourth-order valence-corrected chi connectivity index (χ4v) is 4.46. The molecule has 0 spiro atoms. The Morgan fingerprint density at radius 3 is 2.89 bits per heavy atom. The van der Waals surface area contributed by atoms with E-state index < -0.39 is 0 Å². The average molecular weight is 417 g/mol. The third-order valence-corrected chi connectivity index (χ3v) is 6.03. The summed E-state index contributed by atoms with van der Waals surface area (Å²) < 4.78 is 14.0. The van der Waals surface area contributed by atoms with Gasteiger partial charge in [0.2, 0.25) is 0 Å². The molecular formula is C20H18ClFN4OS. The lowest BCUT2D eigenvalue weighted by atomic mass is 9.99. The Balaban J connectivity index is 1.45. The molecule has 1 atom stereocenters. The highest BCUT2D eigenvalue weighted by molar-refractivity contribution is 7.14. The van der Waals surface area contributed by atoms with Gasteiger partial charge in [0, 0.05) is 35.3 Å². The molecule has 1 aliphatic heterocycles. The van der Waals surface area contributed by atoms with Crippen LogP contribution >= 0.6 is 22.9 Å². The van der Waals surface area contributed by atoms with Gasteiger partial charge in [0.25, 0.3) is 0 Å². The van der Waals surface area contributed by atoms with Crippen molar-refractivity contribution in [3.05, 3.63) is 64.4 Å². The first-order valence-corrected chi connectivity index (χ1v) is 10.2. The lowest BCUT2D eigenvalue weighted by molar-refractivity contribution is 0.192. The number of rotatable bonds is 3. The summed E-state index contributed by atoms with van der Waals surface area (Å²) in [4.78, 5) is 14.4. The van der Waals surface area contributed by atoms with Gasteiger partial charge < -0.3 is 10.2 Å². The van der Waals surface area contributed by atoms with Crippen molar-refractivity contribution in [2.75, 3.05) is 18.4 Å². The first-order valence-electron chi connectivity index (χ1n) is 9.00. The van der Waals surface area contributed by atoms with E-state index in [0.29, 0.717) is 34.4 Å². The number of carbonyl (C=O) groups excluding carboxylic acids is 1. The molecule has 8 heteroatoms. The molecule has 3 aromatic rings. The Labute approximate surface area is 171 Å². The van der Waals surface area contributed by atoms with Crippen molar-refractivity contribution in [1.29, 1.82) is 0 Å². The Morgan fingerprint density at radius 1 is 1.21 bits per heavy atom. The van der Waals surface area contributed by atoms with Gasteiger partial charge in [-0.2, -0.15) is 0 Å². The number of aromatic nitrogens is 2. The summed E-state index contributed by atoms with van der Waals surface area (Å²) in [5, 5.41) is 13.3. The molecule has 1 N–H and O–H groups in total. The highest BCUT2D eigenvalue weighted by atomic mass is 35.5. The van der Waals surface area contributed by atoms with Crippen molar-refractivity contribution in [1.82, 2.24) is 15.1 Å². The molecule has 2 amide bonds. The zero-order valence-electron chi connectivity index (χ0n) is 14.9. The van der Waals surface area contributed by atoms with Gasteiger partial charge in [-0.15, -0.1) is 10.2 Å². The number of likely N-dealkylation sites (tertiary alicyclic amines) is 1. The van der Waals surface area contributed by atoms with Gasteiger partial charge in [-0.05, 0) is 43.2 Å². The summed E-state index contributed by atoms with van der Waals surface area (Å²) in [5.74, 6) is -0.215. The van der Waals surface area contributed by atoms with Gasteiger partial charge in [-0.25, -0.2) is 9.18 Å². The molecule has 144 valence electrons. The lowest BCUT2D eigenvalue weighted by Gasteiger charge is -2.31. The van der Waals surface area contributed by atoms with E-state index >= 15 is 0 Å². The second-order valence-corrected chi connectivity index (χ2v) is 8.10. The Morgan fingerprint density at radius 2 is 2.07 bits per heavy atom. The number of anilines is 1. The van der Waals surface area contributed by atoms with Gasteiger partial charge in [0.05, 0.1) is 0 Å². The molecule has 0 radical (unpaired) electrons. The number of nitrogens with one attached hydrogen (secondary N) is 1. The number of piperidine rings is 1. The SMILES string of the molecule is O=C(Nc1cccc(Cl)c1)N1CCCC(c2nnc(-c3ccccc3F)s2)C1. The topological polar surface area (TPSA) is 58.1 Å². The maximum Gasteiger partial charge on any atom is 0.321 e. The number of nitrogens with zero attached hydrogens (tertiary/aromatic N) is 3. The van der Waals surface area contributed by atoms with Crippen LogP contribution in [0.15, 0.2) is 48.5 Å². The molecule has 1 aliphatic rings. The molecule has 0 bridgehead atoms. The van der Waals surface area contributed by atoms with Gasteiger partial charge in [-0.3, -0.25) is 0 Å². The predicted molar refractivity (Wildman–Crippen MR) is 109 cm³/mol. The molecule has 1 aromatic heterocycles. The first-order chi connectivity index (χ1) is 13.6. The summed E-state index contributed by atoms with van der Waals surface area (Å²) in [6.07, 6.45) is 1.80. The van der Waals surface area contributed by atoms with Crippen LogP contribution in [0.25, 0.3) is 10.6 Å². The maximum absolute atomic E-state index is 14.0. The first kappa shape index (κ1) is 18.8. The largest absolute Gasteiger partial charge is 0.324 e. The fraction of sp³-hybridized carbons (Fsp3) is 0.250. The molecule has 1 saturated heterocycles. The van der Waals surface area contributed by atoms with E-state index in [2.05, 4.69) is 15.5 Å². The fourth-order valence-electron chi connectivity index (χ4n) is 3.27. The van der Waals surface area contributed by atoms with Crippen molar-refractivity contribution < 1.29 is 9.18 Å². The molecule has 2 aromatic carbocycles. The maximum atomic E-state index is 14.0. The monoisotopic (exact) mass is 416 g/mol. The molecule has 1 unspecified atom stereocenters. The van der Waals surface area contributed by atoms with Crippen molar-refractivity contribution in [2.24, 2.45) is 0 Å². The normalized spacial score (nSPS) is 16.8. The summed E-state index contributed by atoms with van der Waals surface area (Å²) in [7, 11) is 0. The number of amides is 2. The minimum Gasteiger partial charge on any atom is -0.324 e. The Kier molecular flexibility index (Phi) is 5.54. The van der Waals surface area contributed by atoms with E-state index in [-0.39, 0.29) is 17.8 Å². The third-order valence-electron chi connectivity index (χ3n) is 4.68. The van der Waals surface area contributed by atoms with Crippen LogP contribution in [-0.2, 0) is 0 Å². The van der Waals surface area contributed by atoms with Crippen LogP contribution in [0.5, 0.6) is 0 Å². The second kappa shape index (κ2) is 8.24. The molecule has 4 rings (SSSR count). The van der Waals surface area contributed by atoms with E-state index in [0.717, 1.165) is 17.8 Å². The molecule has 0 aliphatic carbocycles. The van der Waals surface area contributed by atoms with Gasteiger partial charge in [0.1, 0.15) is 10.8 Å². The minimum absolute atomic E-state index is 0.0943. The molecule has 28 heavy (non-hydrogen) atoms. The third kappa shape index (κ3) is 4.15. The molecule has 1 fully saturated rings. The quantitative estimate of drug-likeness (QED) is 0.621. The Bertz CT molecular complexity index is 996. The van der Waals surface area contributed by atoms with Gasteiger partial charge in [0.15, 0.2) is 5.01 Å². The van der Waals surface area contributed by atoms with E-state index in [1.54, 1.807) is 47.4 Å². The second-order valence-electron chi connectivity index (χ2n) is 6.65. The van der Waals surface area contributed by atoms with Crippen LogP contribution in [0.3, 0.4) is 0 Å². The molecule has 0 saturated carbocycles. The number of carbonyl (C=O) groups is 1. The van der Waals surface area contributed by atoms with Crippen LogP contribution in [0.2, 0.25) is 5.02 Å². The van der Waals surface area contributed by atoms with Crippen molar-refractivity contribution in [3.8, 4) is 10.6 Å². The van der Waals surface area contributed by atoms with E-state index in [9.17, 15) is 9.18 Å².